The summed E-state index contributed by atoms with van der Waals surface area (Å²) in [6, 6.07) is 10.4. The number of nitrogens with zero attached hydrogens (tertiary/aromatic N) is 4. The number of anilines is 1. The average molecular weight is 334 g/mol. The Hall–Kier alpha value is -3.55. The van der Waals surface area contributed by atoms with Crippen LogP contribution in [0.5, 0.6) is 0 Å². The van der Waals surface area contributed by atoms with Gasteiger partial charge in [0.1, 0.15) is 11.9 Å². The lowest BCUT2D eigenvalue weighted by Gasteiger charge is -2.10. The topological polar surface area (TPSA) is 70.3 Å². The number of benzene rings is 1. The summed E-state index contributed by atoms with van der Waals surface area (Å²) in [4.78, 5) is 14.7. The van der Waals surface area contributed by atoms with Crippen LogP contribution in [-0.4, -0.2) is 25.7 Å². The number of hydrogen-bond donors (Lipinski definition) is 0. The predicted octanol–water partition coefficient (Wildman–Crippen LogP) is 2.59. The van der Waals surface area contributed by atoms with Gasteiger partial charge in [0.2, 0.25) is 0 Å². The molecular formula is C19H15FN4O. The number of aromatic nitrogens is 1. The summed E-state index contributed by atoms with van der Waals surface area (Å²) >= 11 is 0. The Labute approximate surface area is 145 Å². The van der Waals surface area contributed by atoms with Crippen molar-refractivity contribution in [3.8, 4) is 6.07 Å². The van der Waals surface area contributed by atoms with Crippen LogP contribution < -0.4 is 9.47 Å². The first-order chi connectivity index (χ1) is 12.0. The van der Waals surface area contributed by atoms with E-state index in [1.165, 1.54) is 34.9 Å². The van der Waals surface area contributed by atoms with Crippen LogP contribution in [0.3, 0.4) is 0 Å². The first-order valence-electron chi connectivity index (χ1n) is 7.34. The van der Waals surface area contributed by atoms with Crippen molar-refractivity contribution in [2.75, 3.05) is 19.0 Å². The number of rotatable bonds is 5. The Morgan fingerprint density at radius 3 is 2.28 bits per heavy atom. The second kappa shape index (κ2) is 7.82. The van der Waals surface area contributed by atoms with Crippen LogP contribution in [0.2, 0.25) is 0 Å². The van der Waals surface area contributed by atoms with Gasteiger partial charge in [-0.1, -0.05) is 0 Å². The van der Waals surface area contributed by atoms with Crippen molar-refractivity contribution in [2.45, 2.75) is 0 Å². The fourth-order valence-corrected chi connectivity index (χ4v) is 2.11. The molecular weight excluding hydrogens is 319 g/mol. The van der Waals surface area contributed by atoms with E-state index in [2.05, 4.69) is 0 Å². The van der Waals surface area contributed by atoms with Crippen LogP contribution in [0.15, 0.2) is 60.4 Å². The molecule has 0 spiro atoms. The van der Waals surface area contributed by atoms with Crippen molar-refractivity contribution in [1.29, 1.82) is 5.26 Å². The summed E-state index contributed by atoms with van der Waals surface area (Å²) < 4.78 is 14.6. The third-order valence-corrected chi connectivity index (χ3v) is 3.47. The van der Waals surface area contributed by atoms with Crippen LogP contribution in [0.4, 0.5) is 10.1 Å². The van der Waals surface area contributed by atoms with E-state index in [0.29, 0.717) is 0 Å². The van der Waals surface area contributed by atoms with E-state index >= 15 is 0 Å². The first-order valence-corrected chi connectivity index (χ1v) is 7.34. The molecule has 0 atom stereocenters. The number of allylic oxidation sites excluding steroid dienone is 3. The Morgan fingerprint density at radius 2 is 1.80 bits per heavy atom. The van der Waals surface area contributed by atoms with Gasteiger partial charge in [-0.05, 0) is 24.3 Å². The average Bonchev–Trinajstić information content (AvgIpc) is 2.63. The molecule has 2 aromatic rings. The Bertz CT molecular complexity index is 900. The molecule has 0 aliphatic rings. The molecule has 25 heavy (non-hydrogen) atoms. The molecule has 5 nitrogen and oxygen atoms in total. The molecule has 0 amide bonds. The minimum absolute atomic E-state index is 0.120. The molecule has 0 bridgehead atoms. The fourth-order valence-electron chi connectivity index (χ4n) is 2.11. The maximum Gasteiger partial charge on any atom is 0.260 e. The normalized spacial score (nSPS) is 10.6. The van der Waals surface area contributed by atoms with Gasteiger partial charge in [0, 0.05) is 43.6 Å². The molecule has 0 radical (unpaired) electrons. The molecule has 2 rings (SSSR count). The van der Waals surface area contributed by atoms with Crippen LogP contribution in [-0.2, 0) is 0 Å². The van der Waals surface area contributed by atoms with Crippen LogP contribution in [0.25, 0.3) is 11.1 Å². The van der Waals surface area contributed by atoms with E-state index in [1.54, 1.807) is 36.5 Å². The smallest absolute Gasteiger partial charge is 0.260 e. The molecule has 0 saturated carbocycles. The van der Waals surface area contributed by atoms with Gasteiger partial charge in [-0.25, -0.2) is 4.39 Å². The van der Waals surface area contributed by atoms with E-state index in [9.17, 15) is 9.18 Å². The van der Waals surface area contributed by atoms with E-state index in [0.717, 1.165) is 5.69 Å². The Morgan fingerprint density at radius 1 is 1.20 bits per heavy atom. The molecule has 6 heteroatoms. The van der Waals surface area contributed by atoms with Gasteiger partial charge in [0.25, 0.3) is 11.5 Å². The van der Waals surface area contributed by atoms with Crippen LogP contribution in [0, 0.1) is 17.1 Å². The largest absolute Gasteiger partial charge is 0.762 e. The maximum atomic E-state index is 13.1. The van der Waals surface area contributed by atoms with Gasteiger partial charge >= 0.3 is 0 Å². The van der Waals surface area contributed by atoms with Crippen molar-refractivity contribution in [3.63, 3.8) is 0 Å². The van der Waals surface area contributed by atoms with Gasteiger partial charge in [0.05, 0.1) is 5.57 Å². The van der Waals surface area contributed by atoms with Gasteiger partial charge < -0.3 is 10.3 Å². The summed E-state index contributed by atoms with van der Waals surface area (Å²) in [5.41, 5.74) is 1.10. The molecule has 124 valence electrons. The molecule has 1 heterocycles. The van der Waals surface area contributed by atoms with Crippen LogP contribution >= 0.6 is 0 Å². The van der Waals surface area contributed by atoms with Crippen LogP contribution in [0.1, 0.15) is 10.4 Å². The molecule has 0 fully saturated rings. The van der Waals surface area contributed by atoms with Gasteiger partial charge in [-0.3, -0.25) is 10.7 Å². The predicted molar refractivity (Wildman–Crippen MR) is 93.5 cm³/mol. The van der Waals surface area contributed by atoms with E-state index in [4.69, 9.17) is 10.7 Å². The zero-order valence-electron chi connectivity index (χ0n) is 13.8. The van der Waals surface area contributed by atoms with Crippen molar-refractivity contribution in [2.24, 2.45) is 0 Å². The SMILES string of the molecule is CN(C)c1cc[n+](C(=CC(=C=[N-])C#N)C(=O)c2ccc(F)cc2)cc1. The lowest BCUT2D eigenvalue weighted by atomic mass is 10.1. The number of pyridine rings is 1. The monoisotopic (exact) mass is 334 g/mol. The number of Topliss-reactive ketones (excluding diaryl/α,β-unsaturated/α-hetero) is 1. The zero-order valence-corrected chi connectivity index (χ0v) is 13.8. The van der Waals surface area contributed by atoms with E-state index in [1.807, 2.05) is 19.0 Å². The zero-order chi connectivity index (χ0) is 18.4. The number of nitriles is 1. The highest BCUT2D eigenvalue weighted by Gasteiger charge is 2.22. The summed E-state index contributed by atoms with van der Waals surface area (Å²) in [6.07, 6.45) is 4.55. The second-order valence-corrected chi connectivity index (χ2v) is 5.36. The lowest BCUT2D eigenvalue weighted by Crippen LogP contribution is -2.36. The summed E-state index contributed by atoms with van der Waals surface area (Å²) in [5.74, 6) is 0.865. The highest BCUT2D eigenvalue weighted by molar-refractivity contribution is 6.22. The third-order valence-electron chi connectivity index (χ3n) is 3.47. The quantitative estimate of drug-likeness (QED) is 0.211. The highest BCUT2D eigenvalue weighted by Crippen LogP contribution is 2.13. The van der Waals surface area contributed by atoms with Crippen molar-refractivity contribution in [3.05, 3.63) is 77.2 Å². The van der Waals surface area contributed by atoms with Gasteiger partial charge in [-0.15, -0.1) is 0 Å². The standard InChI is InChI=1S/C19H15FN4O/c1-23(2)17-7-9-24(10-8-17)18(11-14(12-21)13-22)19(25)15-3-5-16(20)6-4-15/h3-11H,1-2H3. The first kappa shape index (κ1) is 17.8. The minimum Gasteiger partial charge on any atom is -0.762 e. The number of hydrogen-bond acceptors (Lipinski definition) is 3. The van der Waals surface area contributed by atoms with E-state index in [-0.39, 0.29) is 16.8 Å². The molecule has 1 aromatic carbocycles. The van der Waals surface area contributed by atoms with Crippen molar-refractivity contribution >= 4 is 23.0 Å². The Kier molecular flexibility index (Phi) is 5.57. The maximum absolute atomic E-state index is 13.1. The molecule has 1 aromatic heterocycles. The van der Waals surface area contributed by atoms with Crippen molar-refractivity contribution in [1.82, 2.24) is 0 Å². The lowest BCUT2D eigenvalue weighted by molar-refractivity contribution is -0.576. The third kappa shape index (κ3) is 4.25. The molecule has 0 saturated heterocycles. The highest BCUT2D eigenvalue weighted by atomic mass is 19.1. The number of carbonyl (C=O) groups excluding carboxylic acids is 1. The minimum atomic E-state index is -0.452. The summed E-state index contributed by atoms with van der Waals surface area (Å²) in [7, 11) is 3.77. The fraction of sp³-hybridized carbons (Fsp3) is 0.105. The van der Waals surface area contributed by atoms with Crippen molar-refractivity contribution < 1.29 is 13.8 Å². The molecule has 0 unspecified atom stereocenters. The second-order valence-electron chi connectivity index (χ2n) is 5.36. The summed E-state index contributed by atoms with van der Waals surface area (Å²) in [6.45, 7) is 0. The number of halogens is 1. The summed E-state index contributed by atoms with van der Waals surface area (Å²) in [5, 5.41) is 18.0. The van der Waals surface area contributed by atoms with Gasteiger partial charge in [0.15, 0.2) is 12.4 Å². The molecule has 0 N–H and O–H groups in total. The van der Waals surface area contributed by atoms with Gasteiger partial charge in [-0.2, -0.15) is 9.83 Å². The van der Waals surface area contributed by atoms with E-state index < -0.39 is 11.6 Å². The Balaban J connectivity index is 2.54. The molecule has 0 aliphatic carbocycles. The molecule has 0 aliphatic heterocycles. The number of carbonyl (C=O) groups is 1. The number of ketones is 1.